The van der Waals surface area contributed by atoms with Crippen LogP contribution in [0.15, 0.2) is 40.9 Å². The Balaban J connectivity index is 2.43. The normalized spacial score (nSPS) is 10.4. The van der Waals surface area contributed by atoms with Crippen LogP contribution in [0.1, 0.15) is 19.8 Å². The molecule has 0 spiro atoms. The predicted octanol–water partition coefficient (Wildman–Crippen LogP) is 3.29. The predicted molar refractivity (Wildman–Crippen MR) is 77.8 cm³/mol. The summed E-state index contributed by atoms with van der Waals surface area (Å²) in [5.74, 6) is -0.880. The lowest BCUT2D eigenvalue weighted by Crippen LogP contribution is -2.10. The first-order chi connectivity index (χ1) is 9.13. The Labute approximate surface area is 121 Å². The standard InChI is InChI=1S/C14H16BrNO3/c1-2-3-10-19-14(18)9-8-13(17)16-12-7-5-4-6-11(12)15/h4-9H,2-3,10H2,1H3,(H,16,17)/b9-8+. The van der Waals surface area contributed by atoms with Gasteiger partial charge in [0.25, 0.3) is 0 Å². The molecule has 0 saturated carbocycles. The summed E-state index contributed by atoms with van der Waals surface area (Å²) in [5, 5.41) is 2.65. The summed E-state index contributed by atoms with van der Waals surface area (Å²) in [6, 6.07) is 7.23. The quantitative estimate of drug-likeness (QED) is 0.496. The zero-order chi connectivity index (χ0) is 14.1. The van der Waals surface area contributed by atoms with E-state index in [1.165, 1.54) is 0 Å². The van der Waals surface area contributed by atoms with Crippen LogP contribution in [-0.4, -0.2) is 18.5 Å². The zero-order valence-electron chi connectivity index (χ0n) is 10.7. The number of anilines is 1. The summed E-state index contributed by atoms with van der Waals surface area (Å²) < 4.78 is 5.67. The maximum absolute atomic E-state index is 11.6. The first kappa shape index (κ1) is 15.4. The molecule has 0 atom stereocenters. The highest BCUT2D eigenvalue weighted by Gasteiger charge is 2.03. The van der Waals surface area contributed by atoms with E-state index in [0.717, 1.165) is 29.5 Å². The third kappa shape index (κ3) is 6.20. The minimum Gasteiger partial charge on any atom is -0.463 e. The monoisotopic (exact) mass is 325 g/mol. The molecule has 19 heavy (non-hydrogen) atoms. The van der Waals surface area contributed by atoms with Crippen LogP contribution in [0.25, 0.3) is 0 Å². The number of para-hydroxylation sites is 1. The van der Waals surface area contributed by atoms with E-state index in [0.29, 0.717) is 12.3 Å². The van der Waals surface area contributed by atoms with Gasteiger partial charge in [0.15, 0.2) is 0 Å². The molecule has 0 aliphatic rings. The summed E-state index contributed by atoms with van der Waals surface area (Å²) in [6.07, 6.45) is 4.07. The number of carbonyl (C=O) groups excluding carboxylic acids is 2. The maximum atomic E-state index is 11.6. The van der Waals surface area contributed by atoms with Crippen molar-refractivity contribution in [1.82, 2.24) is 0 Å². The van der Waals surface area contributed by atoms with Gasteiger partial charge in [-0.25, -0.2) is 4.79 Å². The Morgan fingerprint density at radius 1 is 1.32 bits per heavy atom. The van der Waals surface area contributed by atoms with Crippen molar-refractivity contribution in [3.8, 4) is 0 Å². The van der Waals surface area contributed by atoms with Crippen LogP contribution in [0.4, 0.5) is 5.69 Å². The van der Waals surface area contributed by atoms with Crippen LogP contribution in [0, 0.1) is 0 Å². The molecule has 0 fully saturated rings. The Morgan fingerprint density at radius 3 is 2.74 bits per heavy atom. The van der Waals surface area contributed by atoms with Gasteiger partial charge in [-0.1, -0.05) is 25.5 Å². The molecule has 5 heteroatoms. The van der Waals surface area contributed by atoms with Gasteiger partial charge in [0.05, 0.1) is 12.3 Å². The second kappa shape index (κ2) is 8.48. The second-order valence-electron chi connectivity index (χ2n) is 3.82. The lowest BCUT2D eigenvalue weighted by Gasteiger charge is -2.04. The van der Waals surface area contributed by atoms with E-state index in [1.54, 1.807) is 6.07 Å². The number of halogens is 1. The van der Waals surface area contributed by atoms with Crippen LogP contribution in [-0.2, 0) is 14.3 Å². The fourth-order valence-corrected chi connectivity index (χ4v) is 1.63. The number of amides is 1. The molecule has 1 amide bonds. The van der Waals surface area contributed by atoms with Gasteiger partial charge < -0.3 is 10.1 Å². The van der Waals surface area contributed by atoms with Gasteiger partial charge in [-0.15, -0.1) is 0 Å². The average molecular weight is 326 g/mol. The fourth-order valence-electron chi connectivity index (χ4n) is 1.25. The summed E-state index contributed by atoms with van der Waals surface area (Å²) in [7, 11) is 0. The Morgan fingerprint density at radius 2 is 2.05 bits per heavy atom. The molecule has 1 rings (SSSR count). The third-order valence-electron chi connectivity index (χ3n) is 2.24. The van der Waals surface area contributed by atoms with Gasteiger partial charge in [-0.3, -0.25) is 4.79 Å². The number of ether oxygens (including phenoxy) is 1. The number of esters is 1. The van der Waals surface area contributed by atoms with Gasteiger partial charge in [0, 0.05) is 16.6 Å². The first-order valence-electron chi connectivity index (χ1n) is 6.04. The Bertz CT molecular complexity index is 472. The Hall–Kier alpha value is -1.62. The van der Waals surface area contributed by atoms with Crippen LogP contribution >= 0.6 is 15.9 Å². The highest BCUT2D eigenvalue weighted by molar-refractivity contribution is 9.10. The van der Waals surface area contributed by atoms with E-state index in [2.05, 4.69) is 21.2 Å². The van der Waals surface area contributed by atoms with E-state index in [4.69, 9.17) is 4.74 Å². The highest BCUT2D eigenvalue weighted by Crippen LogP contribution is 2.20. The van der Waals surface area contributed by atoms with Crippen molar-refractivity contribution >= 4 is 33.5 Å². The van der Waals surface area contributed by atoms with Crippen LogP contribution in [0.2, 0.25) is 0 Å². The van der Waals surface area contributed by atoms with Gasteiger partial charge in [0.1, 0.15) is 0 Å². The Kier molecular flexibility index (Phi) is 6.89. The van der Waals surface area contributed by atoms with Crippen LogP contribution in [0.3, 0.4) is 0 Å². The number of nitrogens with one attached hydrogen (secondary N) is 1. The fraction of sp³-hybridized carbons (Fsp3) is 0.286. The minimum absolute atomic E-state index is 0.376. The molecule has 0 aromatic heterocycles. The molecule has 1 N–H and O–H groups in total. The number of unbranched alkanes of at least 4 members (excludes halogenated alkanes) is 1. The summed E-state index contributed by atoms with van der Waals surface area (Å²) in [6.45, 7) is 2.39. The SMILES string of the molecule is CCCCOC(=O)/C=C/C(=O)Nc1ccccc1Br. The molecular weight excluding hydrogens is 310 g/mol. The molecule has 0 heterocycles. The number of benzene rings is 1. The van der Waals surface area contributed by atoms with Gasteiger partial charge in [0.2, 0.25) is 5.91 Å². The number of hydrogen-bond donors (Lipinski definition) is 1. The average Bonchev–Trinajstić information content (AvgIpc) is 2.39. The number of rotatable bonds is 6. The van der Waals surface area contributed by atoms with Gasteiger partial charge in [-0.2, -0.15) is 0 Å². The molecule has 102 valence electrons. The number of hydrogen-bond acceptors (Lipinski definition) is 3. The molecule has 0 radical (unpaired) electrons. The van der Waals surface area contributed by atoms with Gasteiger partial charge >= 0.3 is 5.97 Å². The van der Waals surface area contributed by atoms with Crippen LogP contribution in [0.5, 0.6) is 0 Å². The number of carbonyl (C=O) groups is 2. The molecule has 0 aliphatic carbocycles. The van der Waals surface area contributed by atoms with E-state index in [-0.39, 0.29) is 5.91 Å². The van der Waals surface area contributed by atoms with Crippen molar-refractivity contribution in [3.05, 3.63) is 40.9 Å². The van der Waals surface area contributed by atoms with Crippen molar-refractivity contribution in [2.75, 3.05) is 11.9 Å². The van der Waals surface area contributed by atoms with Crippen molar-refractivity contribution in [1.29, 1.82) is 0 Å². The second-order valence-corrected chi connectivity index (χ2v) is 4.68. The summed E-state index contributed by atoms with van der Waals surface area (Å²) in [4.78, 5) is 22.8. The lowest BCUT2D eigenvalue weighted by molar-refractivity contribution is -0.138. The molecule has 0 unspecified atom stereocenters. The van der Waals surface area contributed by atoms with Gasteiger partial charge in [-0.05, 0) is 34.5 Å². The molecular formula is C14H16BrNO3. The molecule has 1 aromatic rings. The van der Waals surface area contributed by atoms with E-state index in [9.17, 15) is 9.59 Å². The van der Waals surface area contributed by atoms with Crippen molar-refractivity contribution in [2.45, 2.75) is 19.8 Å². The largest absolute Gasteiger partial charge is 0.463 e. The van der Waals surface area contributed by atoms with Crippen molar-refractivity contribution in [2.24, 2.45) is 0 Å². The molecule has 0 saturated heterocycles. The summed E-state index contributed by atoms with van der Waals surface area (Å²) >= 11 is 3.32. The topological polar surface area (TPSA) is 55.4 Å². The zero-order valence-corrected chi connectivity index (χ0v) is 12.3. The molecule has 1 aromatic carbocycles. The first-order valence-corrected chi connectivity index (χ1v) is 6.83. The molecule has 4 nitrogen and oxygen atoms in total. The smallest absolute Gasteiger partial charge is 0.330 e. The van der Waals surface area contributed by atoms with E-state index < -0.39 is 5.97 Å². The van der Waals surface area contributed by atoms with Crippen molar-refractivity contribution < 1.29 is 14.3 Å². The third-order valence-corrected chi connectivity index (χ3v) is 2.94. The van der Waals surface area contributed by atoms with E-state index in [1.807, 2.05) is 25.1 Å². The maximum Gasteiger partial charge on any atom is 0.330 e. The molecule has 0 bridgehead atoms. The highest BCUT2D eigenvalue weighted by atomic mass is 79.9. The van der Waals surface area contributed by atoms with Crippen molar-refractivity contribution in [3.63, 3.8) is 0 Å². The summed E-state index contributed by atoms with van der Waals surface area (Å²) in [5.41, 5.74) is 0.650. The van der Waals surface area contributed by atoms with E-state index >= 15 is 0 Å². The van der Waals surface area contributed by atoms with Crippen LogP contribution < -0.4 is 5.32 Å². The molecule has 0 aliphatic heterocycles. The lowest BCUT2D eigenvalue weighted by atomic mass is 10.3. The minimum atomic E-state index is -0.504.